The molecule has 6 rings (SSSR count). The highest BCUT2D eigenvalue weighted by Gasteiger charge is 2.14. The second kappa shape index (κ2) is 5.25. The minimum Gasteiger partial charge on any atom is -0.253 e. The van der Waals surface area contributed by atoms with E-state index >= 15 is 0 Å². The van der Waals surface area contributed by atoms with Gasteiger partial charge < -0.3 is 0 Å². The molecule has 2 nitrogen and oxygen atoms in total. The van der Waals surface area contributed by atoms with Crippen LogP contribution in [0, 0.1) is 0 Å². The second-order valence-electron chi connectivity index (χ2n) is 7.34. The molecule has 2 heterocycles. The molecule has 0 saturated heterocycles. The Morgan fingerprint density at radius 3 is 2.19 bits per heavy atom. The van der Waals surface area contributed by atoms with Crippen LogP contribution in [0.1, 0.15) is 24.1 Å². The largest absolute Gasteiger partial charge is 0.253 e. The predicted molar refractivity (Wildman–Crippen MR) is 109 cm³/mol. The van der Waals surface area contributed by atoms with Crippen molar-refractivity contribution in [3.8, 4) is 0 Å². The van der Waals surface area contributed by atoms with Crippen LogP contribution < -0.4 is 0 Å². The lowest BCUT2D eigenvalue weighted by Crippen LogP contribution is -2.05. The molecule has 3 aromatic carbocycles. The predicted octanol–water partition coefficient (Wildman–Crippen LogP) is 5.97. The van der Waals surface area contributed by atoms with Crippen LogP contribution in [0.15, 0.2) is 60.7 Å². The van der Waals surface area contributed by atoms with Crippen LogP contribution in [0.25, 0.3) is 43.5 Å². The highest BCUT2D eigenvalue weighted by molar-refractivity contribution is 6.17. The van der Waals surface area contributed by atoms with Crippen molar-refractivity contribution in [3.05, 3.63) is 71.9 Å². The summed E-state index contributed by atoms with van der Waals surface area (Å²) in [6.07, 6.45) is 4.83. The summed E-state index contributed by atoms with van der Waals surface area (Å²) in [7, 11) is 0. The SMILES string of the molecule is c1ccc2nc3ccc4c5cc6c(nc5ccc4c3cc2c1)CCCC6. The van der Waals surface area contributed by atoms with Gasteiger partial charge in [-0.15, -0.1) is 0 Å². The van der Waals surface area contributed by atoms with Crippen LogP contribution >= 0.6 is 0 Å². The Morgan fingerprint density at radius 2 is 1.31 bits per heavy atom. The number of hydrogen-bond donors (Lipinski definition) is 0. The molecule has 124 valence electrons. The summed E-state index contributed by atoms with van der Waals surface area (Å²) in [5, 5.41) is 6.24. The molecule has 0 radical (unpaired) electrons. The van der Waals surface area contributed by atoms with Gasteiger partial charge in [-0.25, -0.2) is 4.98 Å². The molecule has 0 bridgehead atoms. The zero-order valence-corrected chi connectivity index (χ0v) is 14.5. The first-order valence-corrected chi connectivity index (χ1v) is 9.40. The lowest BCUT2D eigenvalue weighted by atomic mass is 9.93. The molecule has 1 aliphatic rings. The number of para-hydroxylation sites is 1. The molecule has 0 spiro atoms. The van der Waals surface area contributed by atoms with Gasteiger partial charge in [0.25, 0.3) is 0 Å². The van der Waals surface area contributed by atoms with Crippen LogP contribution in [0.3, 0.4) is 0 Å². The minimum absolute atomic E-state index is 1.05. The van der Waals surface area contributed by atoms with E-state index in [1.54, 1.807) is 0 Å². The number of aryl methyl sites for hydroxylation is 2. The van der Waals surface area contributed by atoms with E-state index < -0.39 is 0 Å². The molecule has 0 unspecified atom stereocenters. The third-order valence-corrected chi connectivity index (χ3v) is 5.77. The number of rotatable bonds is 0. The van der Waals surface area contributed by atoms with E-state index in [1.165, 1.54) is 51.0 Å². The first-order chi connectivity index (χ1) is 12.9. The Balaban J connectivity index is 1.74. The average molecular weight is 334 g/mol. The highest BCUT2D eigenvalue weighted by Crippen LogP contribution is 2.33. The molecular formula is C24H18N2. The van der Waals surface area contributed by atoms with Crippen LogP contribution in [0.4, 0.5) is 0 Å². The fourth-order valence-corrected chi connectivity index (χ4v) is 4.44. The van der Waals surface area contributed by atoms with Gasteiger partial charge in [0.05, 0.1) is 16.6 Å². The van der Waals surface area contributed by atoms with Crippen molar-refractivity contribution in [2.24, 2.45) is 0 Å². The molecule has 1 aliphatic carbocycles. The number of aromatic nitrogens is 2. The van der Waals surface area contributed by atoms with Crippen LogP contribution in [0.5, 0.6) is 0 Å². The molecule has 0 aliphatic heterocycles. The Hall–Kier alpha value is -3.00. The Labute approximate surface area is 151 Å². The van der Waals surface area contributed by atoms with E-state index in [1.807, 2.05) is 6.07 Å². The topological polar surface area (TPSA) is 25.8 Å². The minimum atomic E-state index is 1.05. The van der Waals surface area contributed by atoms with Crippen molar-refractivity contribution >= 4 is 43.5 Å². The van der Waals surface area contributed by atoms with Gasteiger partial charge in [-0.05, 0) is 72.4 Å². The molecule has 0 fully saturated rings. The van der Waals surface area contributed by atoms with Crippen molar-refractivity contribution in [1.82, 2.24) is 9.97 Å². The second-order valence-corrected chi connectivity index (χ2v) is 7.34. The van der Waals surface area contributed by atoms with Gasteiger partial charge in [0, 0.05) is 21.9 Å². The van der Waals surface area contributed by atoms with E-state index in [-0.39, 0.29) is 0 Å². The zero-order chi connectivity index (χ0) is 17.1. The third-order valence-electron chi connectivity index (χ3n) is 5.77. The van der Waals surface area contributed by atoms with Gasteiger partial charge in [0.1, 0.15) is 0 Å². The zero-order valence-electron chi connectivity index (χ0n) is 14.5. The summed E-state index contributed by atoms with van der Waals surface area (Å²) in [5.41, 5.74) is 5.97. The fourth-order valence-electron chi connectivity index (χ4n) is 4.44. The van der Waals surface area contributed by atoms with E-state index in [4.69, 9.17) is 9.97 Å². The van der Waals surface area contributed by atoms with Gasteiger partial charge in [-0.2, -0.15) is 0 Å². The quantitative estimate of drug-likeness (QED) is 0.258. The maximum atomic E-state index is 4.98. The number of pyridine rings is 2. The number of benzene rings is 3. The molecule has 0 N–H and O–H groups in total. The average Bonchev–Trinajstić information content (AvgIpc) is 2.70. The lowest BCUT2D eigenvalue weighted by Gasteiger charge is -2.16. The van der Waals surface area contributed by atoms with E-state index in [0.29, 0.717) is 0 Å². The van der Waals surface area contributed by atoms with E-state index in [2.05, 4.69) is 54.6 Å². The summed E-state index contributed by atoms with van der Waals surface area (Å²) in [5.74, 6) is 0. The normalized spacial score (nSPS) is 14.3. The van der Waals surface area contributed by atoms with Crippen molar-refractivity contribution in [2.45, 2.75) is 25.7 Å². The maximum Gasteiger partial charge on any atom is 0.0716 e. The maximum absolute atomic E-state index is 4.98. The first-order valence-electron chi connectivity index (χ1n) is 9.40. The molecule has 2 heteroatoms. The number of nitrogens with zero attached hydrogens (tertiary/aromatic N) is 2. The monoisotopic (exact) mass is 334 g/mol. The Bertz CT molecular complexity index is 1330. The standard InChI is InChI=1S/C24H18N2/c1-3-7-21-15(5-1)13-19-17-9-12-24-20(18(17)10-11-23(19)25-21)14-16-6-2-4-8-22(16)26-24/h1,3,5,7,9-14H,2,4,6,8H2. The smallest absolute Gasteiger partial charge is 0.0716 e. The summed E-state index contributed by atoms with van der Waals surface area (Å²) in [4.78, 5) is 9.84. The Kier molecular flexibility index (Phi) is 2.87. The molecule has 5 aromatic rings. The van der Waals surface area contributed by atoms with Gasteiger partial charge in [-0.1, -0.05) is 30.3 Å². The van der Waals surface area contributed by atoms with Crippen molar-refractivity contribution in [3.63, 3.8) is 0 Å². The van der Waals surface area contributed by atoms with Crippen LogP contribution in [-0.4, -0.2) is 9.97 Å². The van der Waals surface area contributed by atoms with E-state index in [0.717, 1.165) is 29.4 Å². The van der Waals surface area contributed by atoms with E-state index in [9.17, 15) is 0 Å². The molecular weight excluding hydrogens is 316 g/mol. The van der Waals surface area contributed by atoms with Gasteiger partial charge in [0.15, 0.2) is 0 Å². The first kappa shape index (κ1) is 14.2. The Morgan fingerprint density at radius 1 is 0.577 bits per heavy atom. The number of hydrogen-bond acceptors (Lipinski definition) is 2. The summed E-state index contributed by atoms with van der Waals surface area (Å²) >= 11 is 0. The summed E-state index contributed by atoms with van der Waals surface area (Å²) in [6, 6.07) is 21.8. The van der Waals surface area contributed by atoms with Crippen molar-refractivity contribution in [1.29, 1.82) is 0 Å². The molecule has 0 amide bonds. The lowest BCUT2D eigenvalue weighted by molar-refractivity contribution is 0.671. The van der Waals surface area contributed by atoms with Crippen molar-refractivity contribution < 1.29 is 0 Å². The molecule has 2 aromatic heterocycles. The number of fused-ring (bicyclic) bond motifs is 7. The van der Waals surface area contributed by atoms with Gasteiger partial charge in [0.2, 0.25) is 0 Å². The van der Waals surface area contributed by atoms with Crippen LogP contribution in [0.2, 0.25) is 0 Å². The van der Waals surface area contributed by atoms with Crippen LogP contribution in [-0.2, 0) is 12.8 Å². The molecule has 26 heavy (non-hydrogen) atoms. The van der Waals surface area contributed by atoms with Crippen molar-refractivity contribution in [2.75, 3.05) is 0 Å². The molecule has 0 saturated carbocycles. The van der Waals surface area contributed by atoms with Gasteiger partial charge >= 0.3 is 0 Å². The summed E-state index contributed by atoms with van der Waals surface area (Å²) < 4.78 is 0. The highest BCUT2D eigenvalue weighted by atomic mass is 14.7. The summed E-state index contributed by atoms with van der Waals surface area (Å²) in [6.45, 7) is 0. The fraction of sp³-hybridized carbons (Fsp3) is 0.167. The third kappa shape index (κ3) is 1.99. The van der Waals surface area contributed by atoms with Gasteiger partial charge in [-0.3, -0.25) is 4.98 Å². The molecule has 0 atom stereocenters.